The lowest BCUT2D eigenvalue weighted by Gasteiger charge is -2.22. The van der Waals surface area contributed by atoms with Gasteiger partial charge in [0.25, 0.3) is 0 Å². The normalized spacial score (nSPS) is 11.4. The van der Waals surface area contributed by atoms with E-state index in [-0.39, 0.29) is 24.0 Å². The Morgan fingerprint density at radius 3 is 2.75 bits per heavy atom. The van der Waals surface area contributed by atoms with Crippen molar-refractivity contribution >= 4 is 58.4 Å². The molecule has 3 rings (SSSR count). The minimum absolute atomic E-state index is 0. The molecule has 3 aromatic heterocycles. The van der Waals surface area contributed by atoms with Crippen LogP contribution in [0.15, 0.2) is 29.8 Å². The molecule has 0 atom stereocenters. The molecule has 0 saturated carbocycles. The topological polar surface area (TPSA) is 88.2 Å². The molecule has 0 radical (unpaired) electrons. The monoisotopic (exact) mass is 517 g/mol. The Kier molecular flexibility index (Phi) is 7.87. The van der Waals surface area contributed by atoms with Crippen molar-refractivity contribution < 1.29 is 0 Å². The zero-order chi connectivity index (χ0) is 19.4. The van der Waals surface area contributed by atoms with Crippen LogP contribution in [0.3, 0.4) is 0 Å². The van der Waals surface area contributed by atoms with E-state index in [2.05, 4.69) is 35.6 Å². The highest BCUT2D eigenvalue weighted by atomic mass is 127. The Morgan fingerprint density at radius 2 is 2.07 bits per heavy atom. The van der Waals surface area contributed by atoms with Crippen LogP contribution >= 0.6 is 35.6 Å². The molecule has 0 aliphatic heterocycles. The number of anilines is 1. The maximum atomic E-state index is 6.06. The van der Waals surface area contributed by atoms with Crippen LogP contribution in [0.1, 0.15) is 5.69 Å². The van der Waals surface area contributed by atoms with Gasteiger partial charge >= 0.3 is 0 Å². The second-order valence-electron chi connectivity index (χ2n) is 6.25. The summed E-state index contributed by atoms with van der Waals surface area (Å²) < 4.78 is 3.75. The van der Waals surface area contributed by atoms with E-state index in [0.717, 1.165) is 33.5 Å². The van der Waals surface area contributed by atoms with Crippen molar-refractivity contribution in [1.82, 2.24) is 34.5 Å². The molecule has 0 fully saturated rings. The first-order chi connectivity index (χ1) is 13.0. The summed E-state index contributed by atoms with van der Waals surface area (Å²) in [7, 11) is 7.61. The number of guanidine groups is 1. The third-order valence-electron chi connectivity index (χ3n) is 4.28. The van der Waals surface area contributed by atoms with Crippen LogP contribution in [0, 0.1) is 0 Å². The van der Waals surface area contributed by atoms with Crippen molar-refractivity contribution in [3.8, 4) is 0 Å². The van der Waals surface area contributed by atoms with Crippen molar-refractivity contribution in [3.63, 3.8) is 0 Å². The van der Waals surface area contributed by atoms with E-state index in [1.165, 1.54) is 6.33 Å². The van der Waals surface area contributed by atoms with E-state index in [0.29, 0.717) is 19.6 Å². The number of rotatable bonds is 6. The van der Waals surface area contributed by atoms with Crippen molar-refractivity contribution in [3.05, 3.63) is 35.5 Å². The molecule has 11 heteroatoms. The summed E-state index contributed by atoms with van der Waals surface area (Å²) in [5.41, 5.74) is 1.92. The van der Waals surface area contributed by atoms with E-state index in [1.807, 2.05) is 38.0 Å². The fourth-order valence-electron chi connectivity index (χ4n) is 2.88. The van der Waals surface area contributed by atoms with Gasteiger partial charge in [0, 0.05) is 53.2 Å². The molecule has 0 aliphatic carbocycles. The zero-order valence-electron chi connectivity index (χ0n) is 16.3. The third-order valence-corrected chi connectivity index (χ3v) is 4.48. The summed E-state index contributed by atoms with van der Waals surface area (Å²) in [6.07, 6.45) is 5.20. The lowest BCUT2D eigenvalue weighted by Crippen LogP contribution is -2.40. The van der Waals surface area contributed by atoms with Gasteiger partial charge in [-0.3, -0.25) is 9.67 Å². The fraction of sp³-hybridized carbons (Fsp3) is 0.412. The predicted molar refractivity (Wildman–Crippen MR) is 123 cm³/mol. The number of hydrogen-bond acceptors (Lipinski definition) is 5. The number of aliphatic imine (C=N–C) groups is 1. The molecule has 0 spiro atoms. The minimum atomic E-state index is 0. The number of aryl methyl sites for hydroxylation is 2. The van der Waals surface area contributed by atoms with Gasteiger partial charge in [-0.2, -0.15) is 5.10 Å². The third kappa shape index (κ3) is 5.04. The largest absolute Gasteiger partial charge is 0.368 e. The van der Waals surface area contributed by atoms with Gasteiger partial charge in [-0.05, 0) is 6.07 Å². The lowest BCUT2D eigenvalue weighted by atomic mass is 10.4. The molecular formula is C17H25ClIN9. The van der Waals surface area contributed by atoms with Crippen LogP contribution in [-0.2, 0) is 20.6 Å². The van der Waals surface area contributed by atoms with Crippen LogP contribution in [0.5, 0.6) is 0 Å². The summed E-state index contributed by atoms with van der Waals surface area (Å²) in [5.74, 6) is 1.58. The Morgan fingerprint density at radius 1 is 1.29 bits per heavy atom. The summed E-state index contributed by atoms with van der Waals surface area (Å²) in [4.78, 5) is 14.9. The smallest absolute Gasteiger partial charge is 0.193 e. The second-order valence-corrected chi connectivity index (χ2v) is 6.68. The van der Waals surface area contributed by atoms with Gasteiger partial charge in [-0.15, -0.1) is 24.0 Å². The number of halogens is 2. The molecule has 0 saturated heterocycles. The highest BCUT2D eigenvalue weighted by Crippen LogP contribution is 2.17. The van der Waals surface area contributed by atoms with Gasteiger partial charge in [-0.25, -0.2) is 9.97 Å². The van der Waals surface area contributed by atoms with Gasteiger partial charge in [-0.1, -0.05) is 11.6 Å². The average Bonchev–Trinajstić information content (AvgIpc) is 3.17. The Hall–Kier alpha value is -2.08. The van der Waals surface area contributed by atoms with Gasteiger partial charge in [0.1, 0.15) is 12.1 Å². The molecule has 9 nitrogen and oxygen atoms in total. The first-order valence-electron chi connectivity index (χ1n) is 8.58. The first-order valence-corrected chi connectivity index (χ1v) is 8.96. The summed E-state index contributed by atoms with van der Waals surface area (Å²) in [6.45, 7) is 2.08. The van der Waals surface area contributed by atoms with Gasteiger partial charge < -0.3 is 20.1 Å². The summed E-state index contributed by atoms with van der Waals surface area (Å²) in [5, 5.41) is 12.5. The molecule has 0 amide bonds. The fourth-order valence-corrected chi connectivity index (χ4v) is 3.16. The average molecular weight is 518 g/mol. The quantitative estimate of drug-likeness (QED) is 0.225. The lowest BCUT2D eigenvalue weighted by molar-refractivity contribution is 0.463. The SMILES string of the molecule is CN=C(NCCNc1ncnc2c1cnn2C)N(C)Cc1cc(Cl)cn1C.I. The maximum absolute atomic E-state index is 6.06. The van der Waals surface area contributed by atoms with E-state index in [1.54, 1.807) is 17.9 Å². The molecule has 0 aliphatic rings. The van der Waals surface area contributed by atoms with Crippen LogP contribution in [0.4, 0.5) is 5.82 Å². The van der Waals surface area contributed by atoms with Crippen molar-refractivity contribution in [1.29, 1.82) is 0 Å². The van der Waals surface area contributed by atoms with Crippen molar-refractivity contribution in [2.75, 3.05) is 32.5 Å². The molecule has 3 aromatic rings. The predicted octanol–water partition coefficient (Wildman–Crippen LogP) is 2.09. The molecule has 2 N–H and O–H groups in total. The van der Waals surface area contributed by atoms with Gasteiger partial charge in [0.15, 0.2) is 11.6 Å². The Balaban J connectivity index is 0.00000280. The number of fused-ring (bicyclic) bond motifs is 1. The Bertz CT molecular complexity index is 949. The number of nitrogens with zero attached hydrogens (tertiary/aromatic N) is 7. The van der Waals surface area contributed by atoms with E-state index in [4.69, 9.17) is 11.6 Å². The number of nitrogens with one attached hydrogen (secondary N) is 2. The number of aromatic nitrogens is 5. The minimum Gasteiger partial charge on any atom is -0.368 e. The zero-order valence-corrected chi connectivity index (χ0v) is 19.4. The summed E-state index contributed by atoms with van der Waals surface area (Å²) >= 11 is 6.06. The highest BCUT2D eigenvalue weighted by molar-refractivity contribution is 14.0. The molecule has 0 bridgehead atoms. The van der Waals surface area contributed by atoms with Crippen molar-refractivity contribution in [2.45, 2.75) is 6.54 Å². The van der Waals surface area contributed by atoms with Crippen LogP contribution in [0.25, 0.3) is 11.0 Å². The number of hydrogen-bond donors (Lipinski definition) is 2. The van der Waals surface area contributed by atoms with Gasteiger partial charge in [0.05, 0.1) is 23.2 Å². The highest BCUT2D eigenvalue weighted by Gasteiger charge is 2.10. The second kappa shape index (κ2) is 9.92. The molecule has 0 unspecified atom stereocenters. The molecular weight excluding hydrogens is 493 g/mol. The van der Waals surface area contributed by atoms with E-state index >= 15 is 0 Å². The van der Waals surface area contributed by atoms with Crippen LogP contribution < -0.4 is 10.6 Å². The van der Waals surface area contributed by atoms with Crippen molar-refractivity contribution in [2.24, 2.45) is 19.1 Å². The van der Waals surface area contributed by atoms with Crippen LogP contribution in [0.2, 0.25) is 5.02 Å². The first kappa shape index (κ1) is 22.2. The molecule has 0 aromatic carbocycles. The molecule has 3 heterocycles. The molecule has 152 valence electrons. The standard InChI is InChI=1S/C17H24ClN9.HI/c1-19-17(26(3)10-13-7-12(18)9-25(13)2)21-6-5-20-15-14-8-24-27(4)16(14)23-11-22-15;/h7-9,11H,5-6,10H2,1-4H3,(H,19,21)(H,20,22,23);1H. The Labute approximate surface area is 186 Å². The maximum Gasteiger partial charge on any atom is 0.193 e. The van der Waals surface area contributed by atoms with E-state index < -0.39 is 0 Å². The van der Waals surface area contributed by atoms with E-state index in [9.17, 15) is 0 Å². The van der Waals surface area contributed by atoms with Crippen LogP contribution in [-0.4, -0.2) is 62.4 Å². The summed E-state index contributed by atoms with van der Waals surface area (Å²) in [6, 6.07) is 1.96. The molecule has 28 heavy (non-hydrogen) atoms. The van der Waals surface area contributed by atoms with Gasteiger partial charge in [0.2, 0.25) is 0 Å².